The molecule has 0 radical (unpaired) electrons. The zero-order chi connectivity index (χ0) is 14.7. The van der Waals surface area contributed by atoms with Crippen LogP contribution in [0.5, 0.6) is 0 Å². The van der Waals surface area contributed by atoms with E-state index in [2.05, 4.69) is 5.32 Å². The maximum Gasteiger partial charge on any atom is 0.339 e. The molecule has 1 saturated carbocycles. The van der Waals surface area contributed by atoms with Gasteiger partial charge in [-0.3, -0.25) is 14.9 Å². The molecule has 0 aliphatic heterocycles. The predicted octanol–water partition coefficient (Wildman–Crippen LogP) is 1.34. The average Bonchev–Trinajstić information content (AvgIpc) is 3.19. The highest BCUT2D eigenvalue weighted by atomic mass is 16.6. The summed E-state index contributed by atoms with van der Waals surface area (Å²) in [6.07, 6.45) is 1.90. The van der Waals surface area contributed by atoms with E-state index in [1.54, 1.807) is 0 Å². The van der Waals surface area contributed by atoms with Gasteiger partial charge in [0.2, 0.25) is 0 Å². The van der Waals surface area contributed by atoms with Crippen molar-refractivity contribution >= 4 is 17.6 Å². The third-order valence-electron chi connectivity index (χ3n) is 3.00. The molecule has 0 spiro atoms. The minimum Gasteiger partial charge on any atom is -0.452 e. The Morgan fingerprint density at radius 1 is 1.45 bits per heavy atom. The lowest BCUT2D eigenvalue weighted by atomic mass is 10.1. The second-order valence-corrected chi connectivity index (χ2v) is 4.62. The van der Waals surface area contributed by atoms with Crippen molar-refractivity contribution in [3.8, 4) is 0 Å². The molecule has 0 saturated heterocycles. The standard InChI is InChI=1S/C13H14N2O5/c1-8-10(3-2-4-11(8)15(18)19)13(17)20-7-12(16)14-9-5-6-9/h2-4,9H,5-7H2,1H3,(H,14,16). The second-order valence-electron chi connectivity index (χ2n) is 4.62. The summed E-state index contributed by atoms with van der Waals surface area (Å²) in [6.45, 7) is 1.09. The molecule has 20 heavy (non-hydrogen) atoms. The maximum absolute atomic E-state index is 11.8. The number of nitrogens with zero attached hydrogens (tertiary/aromatic N) is 1. The van der Waals surface area contributed by atoms with Gasteiger partial charge < -0.3 is 10.1 Å². The largest absolute Gasteiger partial charge is 0.452 e. The highest BCUT2D eigenvalue weighted by molar-refractivity contribution is 5.93. The van der Waals surface area contributed by atoms with Crippen LogP contribution in [-0.2, 0) is 9.53 Å². The molecular weight excluding hydrogens is 264 g/mol. The third kappa shape index (κ3) is 3.31. The van der Waals surface area contributed by atoms with Crippen molar-refractivity contribution in [2.45, 2.75) is 25.8 Å². The van der Waals surface area contributed by atoms with Crippen LogP contribution in [0, 0.1) is 17.0 Å². The lowest BCUT2D eigenvalue weighted by molar-refractivity contribution is -0.385. The molecule has 2 rings (SSSR count). The summed E-state index contributed by atoms with van der Waals surface area (Å²) in [5, 5.41) is 13.5. The van der Waals surface area contributed by atoms with Crippen LogP contribution >= 0.6 is 0 Å². The first-order valence-electron chi connectivity index (χ1n) is 6.19. The first-order chi connectivity index (χ1) is 9.49. The van der Waals surface area contributed by atoms with E-state index in [0.717, 1.165) is 12.8 Å². The Hall–Kier alpha value is -2.44. The van der Waals surface area contributed by atoms with Crippen LogP contribution in [0.4, 0.5) is 5.69 Å². The Labute approximate surface area is 115 Å². The number of amides is 1. The van der Waals surface area contributed by atoms with Gasteiger partial charge >= 0.3 is 5.97 Å². The Kier molecular flexibility index (Phi) is 3.97. The van der Waals surface area contributed by atoms with Gasteiger partial charge in [-0.15, -0.1) is 0 Å². The quantitative estimate of drug-likeness (QED) is 0.498. The highest BCUT2D eigenvalue weighted by Gasteiger charge is 2.24. The smallest absolute Gasteiger partial charge is 0.339 e. The minimum atomic E-state index is -0.739. The van der Waals surface area contributed by atoms with E-state index in [4.69, 9.17) is 4.74 Å². The van der Waals surface area contributed by atoms with Gasteiger partial charge in [0.25, 0.3) is 11.6 Å². The van der Waals surface area contributed by atoms with Crippen molar-refractivity contribution in [2.24, 2.45) is 0 Å². The second kappa shape index (κ2) is 5.68. The van der Waals surface area contributed by atoms with Crippen LogP contribution in [0.3, 0.4) is 0 Å². The minimum absolute atomic E-state index is 0.0958. The van der Waals surface area contributed by atoms with E-state index in [0.29, 0.717) is 0 Å². The van der Waals surface area contributed by atoms with E-state index < -0.39 is 10.9 Å². The van der Waals surface area contributed by atoms with Crippen molar-refractivity contribution in [3.63, 3.8) is 0 Å². The topological polar surface area (TPSA) is 98.5 Å². The number of nitrogens with one attached hydrogen (secondary N) is 1. The number of hydrogen-bond acceptors (Lipinski definition) is 5. The molecule has 1 aromatic carbocycles. The zero-order valence-electron chi connectivity index (χ0n) is 10.9. The van der Waals surface area contributed by atoms with Gasteiger partial charge in [-0.2, -0.15) is 0 Å². The molecule has 1 N–H and O–H groups in total. The number of carbonyl (C=O) groups is 2. The molecule has 106 valence electrons. The molecule has 0 unspecified atom stereocenters. The molecule has 0 aromatic heterocycles. The molecule has 7 heteroatoms. The van der Waals surface area contributed by atoms with Gasteiger partial charge in [0.15, 0.2) is 6.61 Å². The zero-order valence-corrected chi connectivity index (χ0v) is 10.9. The fourth-order valence-electron chi connectivity index (χ4n) is 1.75. The van der Waals surface area contributed by atoms with E-state index in [-0.39, 0.29) is 35.4 Å². The summed E-state index contributed by atoms with van der Waals surface area (Å²) >= 11 is 0. The van der Waals surface area contributed by atoms with Crippen molar-refractivity contribution < 1.29 is 19.2 Å². The molecule has 1 aliphatic carbocycles. The number of nitro benzene ring substituents is 1. The number of ether oxygens (including phenoxy) is 1. The molecule has 1 amide bonds. The van der Waals surface area contributed by atoms with Gasteiger partial charge in [0, 0.05) is 17.7 Å². The number of carbonyl (C=O) groups excluding carboxylic acids is 2. The van der Waals surface area contributed by atoms with Crippen molar-refractivity contribution in [3.05, 3.63) is 39.4 Å². The van der Waals surface area contributed by atoms with E-state index in [9.17, 15) is 19.7 Å². The maximum atomic E-state index is 11.8. The number of esters is 1. The summed E-state index contributed by atoms with van der Waals surface area (Å²) in [6, 6.07) is 4.35. The summed E-state index contributed by atoms with van der Waals surface area (Å²) < 4.78 is 4.86. The number of nitro groups is 1. The Bertz CT molecular complexity index is 566. The first-order valence-corrected chi connectivity index (χ1v) is 6.19. The summed E-state index contributed by atoms with van der Waals surface area (Å²) in [5.74, 6) is -1.10. The van der Waals surface area contributed by atoms with Crippen LogP contribution in [-0.4, -0.2) is 29.4 Å². The summed E-state index contributed by atoms with van der Waals surface area (Å²) in [4.78, 5) is 33.4. The molecule has 0 bridgehead atoms. The van der Waals surface area contributed by atoms with Gasteiger partial charge in [-0.1, -0.05) is 6.07 Å². The van der Waals surface area contributed by atoms with Crippen LogP contribution in [0.25, 0.3) is 0 Å². The molecule has 1 aromatic rings. The normalized spacial score (nSPS) is 13.7. The van der Waals surface area contributed by atoms with Gasteiger partial charge in [0.05, 0.1) is 10.5 Å². The molecule has 0 heterocycles. The van der Waals surface area contributed by atoms with E-state index in [1.165, 1.54) is 25.1 Å². The molecule has 0 atom stereocenters. The highest BCUT2D eigenvalue weighted by Crippen LogP contribution is 2.22. The number of rotatable bonds is 5. The lowest BCUT2D eigenvalue weighted by Crippen LogP contribution is -2.30. The van der Waals surface area contributed by atoms with Gasteiger partial charge in [0.1, 0.15) is 0 Å². The Balaban J connectivity index is 1.99. The molecule has 1 aliphatic rings. The van der Waals surface area contributed by atoms with Gasteiger partial charge in [-0.05, 0) is 25.8 Å². The van der Waals surface area contributed by atoms with E-state index in [1.807, 2.05) is 0 Å². The fraction of sp³-hybridized carbons (Fsp3) is 0.385. The molecule has 7 nitrogen and oxygen atoms in total. The lowest BCUT2D eigenvalue weighted by Gasteiger charge is -2.07. The van der Waals surface area contributed by atoms with Crippen LogP contribution in [0.15, 0.2) is 18.2 Å². The van der Waals surface area contributed by atoms with Crippen molar-refractivity contribution in [2.75, 3.05) is 6.61 Å². The monoisotopic (exact) mass is 278 g/mol. The van der Waals surface area contributed by atoms with E-state index >= 15 is 0 Å². The SMILES string of the molecule is Cc1c(C(=O)OCC(=O)NC2CC2)cccc1[N+](=O)[O-]. The molecule has 1 fully saturated rings. The van der Waals surface area contributed by atoms with Crippen LogP contribution < -0.4 is 5.32 Å². The first kappa shape index (κ1) is 14.0. The Morgan fingerprint density at radius 3 is 2.75 bits per heavy atom. The Morgan fingerprint density at radius 2 is 2.15 bits per heavy atom. The van der Waals surface area contributed by atoms with Crippen molar-refractivity contribution in [1.29, 1.82) is 0 Å². The van der Waals surface area contributed by atoms with Crippen molar-refractivity contribution in [1.82, 2.24) is 5.32 Å². The fourth-order valence-corrected chi connectivity index (χ4v) is 1.75. The average molecular weight is 278 g/mol. The van der Waals surface area contributed by atoms with Crippen LogP contribution in [0.2, 0.25) is 0 Å². The summed E-state index contributed by atoms with van der Waals surface area (Å²) in [7, 11) is 0. The predicted molar refractivity (Wildman–Crippen MR) is 69.3 cm³/mol. The molecular formula is C13H14N2O5. The number of hydrogen-bond donors (Lipinski definition) is 1. The summed E-state index contributed by atoms with van der Waals surface area (Å²) in [5.41, 5.74) is 0.172. The van der Waals surface area contributed by atoms with Gasteiger partial charge in [-0.25, -0.2) is 4.79 Å². The van der Waals surface area contributed by atoms with Crippen LogP contribution in [0.1, 0.15) is 28.8 Å². The third-order valence-corrected chi connectivity index (χ3v) is 3.00. The number of benzene rings is 1.